The van der Waals surface area contributed by atoms with Crippen LogP contribution in [0.15, 0.2) is 30.3 Å². The summed E-state index contributed by atoms with van der Waals surface area (Å²) in [6.45, 7) is 2.49. The summed E-state index contributed by atoms with van der Waals surface area (Å²) in [5.74, 6) is 1.49. The van der Waals surface area contributed by atoms with Crippen molar-refractivity contribution in [2.45, 2.75) is 6.92 Å². The largest absolute Gasteiger partial charge is 0.462 e. The second-order valence-electron chi connectivity index (χ2n) is 3.44. The smallest absolute Gasteiger partial charge is 0.330 e. The van der Waals surface area contributed by atoms with Crippen molar-refractivity contribution in [3.8, 4) is 6.07 Å². The average molecular weight is 261 g/mol. The molecule has 94 valence electrons. The minimum absolute atomic E-state index is 0.353. The third kappa shape index (κ3) is 5.55. The van der Waals surface area contributed by atoms with Crippen molar-refractivity contribution in [2.75, 3.05) is 18.1 Å². The number of rotatable bonds is 6. The van der Waals surface area contributed by atoms with Gasteiger partial charge in [0.05, 0.1) is 11.6 Å². The van der Waals surface area contributed by atoms with E-state index in [1.165, 1.54) is 6.08 Å². The number of thioether (sulfide) groups is 1. The summed E-state index contributed by atoms with van der Waals surface area (Å²) in [7, 11) is 0. The van der Waals surface area contributed by atoms with Gasteiger partial charge in [-0.3, -0.25) is 0 Å². The molecule has 0 amide bonds. The van der Waals surface area contributed by atoms with Crippen LogP contribution in [0.1, 0.15) is 18.1 Å². The predicted molar refractivity (Wildman–Crippen MR) is 74.1 cm³/mol. The van der Waals surface area contributed by atoms with Gasteiger partial charge >= 0.3 is 5.97 Å². The fourth-order valence-corrected chi connectivity index (χ4v) is 1.76. The molecular formula is C14H15NO2S. The summed E-state index contributed by atoms with van der Waals surface area (Å²) >= 11 is 1.73. The first-order valence-corrected chi connectivity index (χ1v) is 6.84. The zero-order chi connectivity index (χ0) is 13.2. The number of nitrogens with zero attached hydrogens (tertiary/aromatic N) is 1. The van der Waals surface area contributed by atoms with Gasteiger partial charge in [0.1, 0.15) is 6.61 Å². The average Bonchev–Trinajstić information content (AvgIpc) is 2.41. The fourth-order valence-electron chi connectivity index (χ4n) is 1.27. The van der Waals surface area contributed by atoms with Crippen molar-refractivity contribution in [1.82, 2.24) is 0 Å². The van der Waals surface area contributed by atoms with Crippen molar-refractivity contribution in [3.63, 3.8) is 0 Å². The highest BCUT2D eigenvalue weighted by Gasteiger charge is 1.97. The van der Waals surface area contributed by atoms with Gasteiger partial charge in [0, 0.05) is 11.8 Å². The zero-order valence-electron chi connectivity index (χ0n) is 10.3. The van der Waals surface area contributed by atoms with Crippen LogP contribution < -0.4 is 0 Å². The molecule has 0 aromatic heterocycles. The lowest BCUT2D eigenvalue weighted by Gasteiger charge is -2.00. The molecule has 0 atom stereocenters. The maximum atomic E-state index is 11.4. The highest BCUT2D eigenvalue weighted by atomic mass is 32.2. The zero-order valence-corrected chi connectivity index (χ0v) is 11.1. The Balaban J connectivity index is 2.43. The van der Waals surface area contributed by atoms with Gasteiger partial charge in [0.15, 0.2) is 0 Å². The number of hydrogen-bond donors (Lipinski definition) is 0. The molecule has 0 bridgehead atoms. The molecule has 0 saturated heterocycles. The van der Waals surface area contributed by atoms with Crippen LogP contribution in [0.2, 0.25) is 0 Å². The Kier molecular flexibility index (Phi) is 6.67. The molecule has 0 heterocycles. The Morgan fingerprint density at radius 2 is 2.39 bits per heavy atom. The summed E-state index contributed by atoms with van der Waals surface area (Å²) in [5, 5.41) is 8.74. The summed E-state index contributed by atoms with van der Waals surface area (Å²) in [6, 6.07) is 9.10. The maximum absolute atomic E-state index is 11.4. The van der Waals surface area contributed by atoms with E-state index in [2.05, 4.69) is 13.0 Å². The topological polar surface area (TPSA) is 50.1 Å². The van der Waals surface area contributed by atoms with E-state index in [4.69, 9.17) is 10.00 Å². The summed E-state index contributed by atoms with van der Waals surface area (Å²) in [4.78, 5) is 11.4. The van der Waals surface area contributed by atoms with Crippen molar-refractivity contribution in [3.05, 3.63) is 41.5 Å². The molecule has 3 nitrogen and oxygen atoms in total. The molecule has 18 heavy (non-hydrogen) atoms. The molecule has 0 saturated carbocycles. The van der Waals surface area contributed by atoms with Gasteiger partial charge in [-0.2, -0.15) is 17.0 Å². The van der Waals surface area contributed by atoms with Crippen LogP contribution in [0, 0.1) is 11.3 Å². The second kappa shape index (κ2) is 8.37. The van der Waals surface area contributed by atoms with E-state index in [0.29, 0.717) is 12.2 Å². The fraction of sp³-hybridized carbons (Fsp3) is 0.286. The molecule has 0 aliphatic rings. The molecule has 0 N–H and O–H groups in total. The Bertz CT molecular complexity index is 463. The molecule has 0 aliphatic heterocycles. The van der Waals surface area contributed by atoms with Gasteiger partial charge in [0.25, 0.3) is 0 Å². The van der Waals surface area contributed by atoms with Crippen LogP contribution in [0.3, 0.4) is 0 Å². The standard InChI is InChI=1S/C14H15NO2S/c1-2-18-9-8-17-14(16)7-6-12-4-3-5-13(10-12)11-15/h3-7,10H,2,8-9H2,1H3. The normalized spacial score (nSPS) is 10.2. The molecule has 1 aromatic carbocycles. The monoisotopic (exact) mass is 261 g/mol. The van der Waals surface area contributed by atoms with Gasteiger partial charge in [-0.15, -0.1) is 0 Å². The summed E-state index contributed by atoms with van der Waals surface area (Å²) in [5.41, 5.74) is 1.39. The third-order valence-electron chi connectivity index (χ3n) is 2.10. The minimum atomic E-state index is -0.353. The van der Waals surface area contributed by atoms with E-state index in [0.717, 1.165) is 17.1 Å². The minimum Gasteiger partial charge on any atom is -0.462 e. The molecule has 4 heteroatoms. The van der Waals surface area contributed by atoms with Crippen LogP contribution in [0.25, 0.3) is 6.08 Å². The van der Waals surface area contributed by atoms with Crippen LogP contribution in [0.4, 0.5) is 0 Å². The summed E-state index contributed by atoms with van der Waals surface area (Å²) in [6.07, 6.45) is 3.03. The molecule has 1 rings (SSSR count). The Morgan fingerprint density at radius 3 is 3.11 bits per heavy atom. The van der Waals surface area contributed by atoms with Crippen molar-refractivity contribution in [1.29, 1.82) is 5.26 Å². The number of ether oxygens (including phenoxy) is 1. The first-order chi connectivity index (χ1) is 8.76. The molecular weight excluding hydrogens is 246 g/mol. The van der Waals surface area contributed by atoms with Gasteiger partial charge in [0.2, 0.25) is 0 Å². The molecule has 1 aromatic rings. The predicted octanol–water partition coefficient (Wildman–Crippen LogP) is 2.87. The highest BCUT2D eigenvalue weighted by Crippen LogP contribution is 2.06. The number of hydrogen-bond acceptors (Lipinski definition) is 4. The lowest BCUT2D eigenvalue weighted by atomic mass is 10.1. The number of carbonyl (C=O) groups is 1. The van der Waals surface area contributed by atoms with Crippen molar-refractivity contribution in [2.24, 2.45) is 0 Å². The highest BCUT2D eigenvalue weighted by molar-refractivity contribution is 7.99. The molecule has 0 radical (unpaired) electrons. The Morgan fingerprint density at radius 1 is 1.56 bits per heavy atom. The third-order valence-corrected chi connectivity index (χ3v) is 2.97. The number of carbonyl (C=O) groups excluding carboxylic acids is 1. The van der Waals surface area contributed by atoms with Crippen LogP contribution in [-0.4, -0.2) is 24.1 Å². The molecule has 0 spiro atoms. The lowest BCUT2D eigenvalue weighted by Crippen LogP contribution is -2.04. The van der Waals surface area contributed by atoms with E-state index in [1.54, 1.807) is 36.0 Å². The van der Waals surface area contributed by atoms with E-state index in [-0.39, 0.29) is 5.97 Å². The Labute approximate surface area is 111 Å². The maximum Gasteiger partial charge on any atom is 0.330 e. The molecule has 0 fully saturated rings. The lowest BCUT2D eigenvalue weighted by molar-refractivity contribution is -0.137. The van der Waals surface area contributed by atoms with E-state index < -0.39 is 0 Å². The number of benzene rings is 1. The molecule has 0 aliphatic carbocycles. The summed E-state index contributed by atoms with van der Waals surface area (Å²) < 4.78 is 5.01. The van der Waals surface area contributed by atoms with Gasteiger partial charge < -0.3 is 4.74 Å². The van der Waals surface area contributed by atoms with Gasteiger partial charge in [-0.25, -0.2) is 4.79 Å². The number of nitriles is 1. The van der Waals surface area contributed by atoms with E-state index >= 15 is 0 Å². The van der Waals surface area contributed by atoms with Crippen LogP contribution >= 0.6 is 11.8 Å². The van der Waals surface area contributed by atoms with E-state index in [1.807, 2.05) is 6.07 Å². The van der Waals surface area contributed by atoms with Gasteiger partial charge in [-0.05, 0) is 29.5 Å². The first kappa shape index (κ1) is 14.3. The second-order valence-corrected chi connectivity index (χ2v) is 4.83. The first-order valence-electron chi connectivity index (χ1n) is 5.69. The van der Waals surface area contributed by atoms with Crippen molar-refractivity contribution < 1.29 is 9.53 Å². The van der Waals surface area contributed by atoms with Crippen LogP contribution in [-0.2, 0) is 9.53 Å². The number of esters is 1. The Hall–Kier alpha value is -1.73. The van der Waals surface area contributed by atoms with Crippen LogP contribution in [0.5, 0.6) is 0 Å². The van der Waals surface area contributed by atoms with E-state index in [9.17, 15) is 4.79 Å². The SMILES string of the molecule is CCSCCOC(=O)C=Cc1cccc(C#N)c1. The molecule has 0 unspecified atom stereocenters. The van der Waals surface area contributed by atoms with Crippen molar-refractivity contribution >= 4 is 23.8 Å². The quantitative estimate of drug-likeness (QED) is 0.449. The van der Waals surface area contributed by atoms with Gasteiger partial charge in [-0.1, -0.05) is 19.1 Å².